The molecule has 5 nitrogen and oxygen atoms in total. The number of aryl methyl sites for hydroxylation is 3. The maximum Gasteiger partial charge on any atom is 0.229 e. The summed E-state index contributed by atoms with van der Waals surface area (Å²) in [4.78, 5) is 11.6. The summed E-state index contributed by atoms with van der Waals surface area (Å²) in [6, 6.07) is 8.33. The van der Waals surface area contributed by atoms with Crippen molar-refractivity contribution in [1.29, 1.82) is 0 Å². The molecule has 0 aliphatic carbocycles. The predicted octanol–water partition coefficient (Wildman–Crippen LogP) is 4.53. The molecule has 5 heteroatoms. The van der Waals surface area contributed by atoms with E-state index >= 15 is 0 Å². The molecule has 1 aromatic carbocycles. The number of hydrogen-bond acceptors (Lipinski definition) is 4. The molecule has 4 rings (SSSR count). The maximum absolute atomic E-state index is 4.71. The summed E-state index contributed by atoms with van der Waals surface area (Å²) < 4.78 is 2.11. The summed E-state index contributed by atoms with van der Waals surface area (Å²) in [6.07, 6.45) is 8.81. The van der Waals surface area contributed by atoms with E-state index in [0.717, 1.165) is 18.1 Å². The standard InChI is InChI=1S/C22H27N5/c1-16-10-17(2)12-20(11-16)24-22-23-7-6-21(25-22)27-13-18(3)19(15-27)14-26-8-4-5-9-26/h6-7,10-13,15H,4-5,8-9,14H2,1-3H3,(H,23,24,25). The van der Waals surface area contributed by atoms with E-state index in [4.69, 9.17) is 4.98 Å². The Morgan fingerprint density at radius 2 is 1.74 bits per heavy atom. The van der Waals surface area contributed by atoms with Gasteiger partial charge in [0.05, 0.1) is 0 Å². The lowest BCUT2D eigenvalue weighted by Crippen LogP contribution is -2.18. The predicted molar refractivity (Wildman–Crippen MR) is 110 cm³/mol. The number of nitrogens with one attached hydrogen (secondary N) is 1. The first-order chi connectivity index (χ1) is 13.1. The van der Waals surface area contributed by atoms with Crippen LogP contribution in [0.5, 0.6) is 0 Å². The number of likely N-dealkylation sites (tertiary alicyclic amines) is 1. The highest BCUT2D eigenvalue weighted by atomic mass is 15.2. The van der Waals surface area contributed by atoms with Gasteiger partial charge in [-0.25, -0.2) is 4.98 Å². The molecule has 1 N–H and O–H groups in total. The van der Waals surface area contributed by atoms with E-state index in [0.29, 0.717) is 5.95 Å². The van der Waals surface area contributed by atoms with Gasteiger partial charge < -0.3 is 9.88 Å². The molecule has 3 aromatic rings. The first-order valence-electron chi connectivity index (χ1n) is 9.65. The Morgan fingerprint density at radius 3 is 2.48 bits per heavy atom. The molecule has 0 radical (unpaired) electrons. The van der Waals surface area contributed by atoms with Gasteiger partial charge in [-0.2, -0.15) is 4.98 Å². The molecule has 1 aliphatic rings. The topological polar surface area (TPSA) is 46.0 Å². The fourth-order valence-electron chi connectivity index (χ4n) is 3.81. The van der Waals surface area contributed by atoms with Crippen LogP contribution in [0.1, 0.15) is 35.1 Å². The zero-order valence-corrected chi connectivity index (χ0v) is 16.4. The Morgan fingerprint density at radius 1 is 1.00 bits per heavy atom. The van der Waals surface area contributed by atoms with Crippen molar-refractivity contribution in [2.45, 2.75) is 40.2 Å². The number of benzene rings is 1. The van der Waals surface area contributed by atoms with Gasteiger partial charge in [0.15, 0.2) is 0 Å². The van der Waals surface area contributed by atoms with Gasteiger partial charge in [-0.3, -0.25) is 4.90 Å². The Labute approximate surface area is 161 Å². The summed E-state index contributed by atoms with van der Waals surface area (Å²) in [5.41, 5.74) is 6.15. The summed E-state index contributed by atoms with van der Waals surface area (Å²) in [6.45, 7) is 9.82. The van der Waals surface area contributed by atoms with Crippen molar-refractivity contribution in [2.75, 3.05) is 18.4 Å². The summed E-state index contributed by atoms with van der Waals surface area (Å²) in [5, 5.41) is 3.33. The van der Waals surface area contributed by atoms with Crippen molar-refractivity contribution in [1.82, 2.24) is 19.4 Å². The van der Waals surface area contributed by atoms with Crippen molar-refractivity contribution in [2.24, 2.45) is 0 Å². The van der Waals surface area contributed by atoms with Crippen molar-refractivity contribution in [3.63, 3.8) is 0 Å². The number of aromatic nitrogens is 3. The molecular weight excluding hydrogens is 334 g/mol. The third-order valence-corrected chi connectivity index (χ3v) is 5.11. The molecule has 0 saturated carbocycles. The van der Waals surface area contributed by atoms with Gasteiger partial charge in [0.1, 0.15) is 5.82 Å². The monoisotopic (exact) mass is 361 g/mol. The molecule has 0 spiro atoms. The smallest absolute Gasteiger partial charge is 0.229 e. The quantitative estimate of drug-likeness (QED) is 0.725. The molecule has 140 valence electrons. The molecule has 0 amide bonds. The minimum Gasteiger partial charge on any atom is -0.324 e. The highest BCUT2D eigenvalue weighted by molar-refractivity contribution is 5.56. The largest absolute Gasteiger partial charge is 0.324 e. The summed E-state index contributed by atoms with van der Waals surface area (Å²) >= 11 is 0. The van der Waals surface area contributed by atoms with Crippen molar-refractivity contribution >= 4 is 11.6 Å². The van der Waals surface area contributed by atoms with Crippen LogP contribution >= 0.6 is 0 Å². The van der Waals surface area contributed by atoms with Gasteiger partial charge in [-0.1, -0.05) is 6.07 Å². The lowest BCUT2D eigenvalue weighted by atomic mass is 10.1. The molecule has 1 aliphatic heterocycles. The molecule has 1 fully saturated rings. The number of rotatable bonds is 5. The molecule has 1 saturated heterocycles. The number of nitrogens with zero attached hydrogens (tertiary/aromatic N) is 4. The van der Waals surface area contributed by atoms with Crippen LogP contribution in [0.3, 0.4) is 0 Å². The average Bonchev–Trinajstić information content (AvgIpc) is 3.25. The zero-order valence-electron chi connectivity index (χ0n) is 16.4. The third kappa shape index (κ3) is 4.19. The second-order valence-corrected chi connectivity index (χ2v) is 7.60. The van der Waals surface area contributed by atoms with Gasteiger partial charge in [0.25, 0.3) is 0 Å². The Balaban J connectivity index is 1.55. The summed E-state index contributed by atoms with van der Waals surface area (Å²) in [5.74, 6) is 1.50. The second kappa shape index (κ2) is 7.53. The van der Waals surface area contributed by atoms with E-state index in [1.807, 2.05) is 12.3 Å². The highest BCUT2D eigenvalue weighted by Gasteiger charge is 2.14. The Kier molecular flexibility index (Phi) is 4.94. The molecule has 0 unspecified atom stereocenters. The van der Waals surface area contributed by atoms with Crippen molar-refractivity contribution in [3.05, 3.63) is 65.1 Å². The molecule has 2 aromatic heterocycles. The zero-order chi connectivity index (χ0) is 18.8. The molecule has 0 bridgehead atoms. The minimum atomic E-state index is 0.616. The van der Waals surface area contributed by atoms with E-state index in [-0.39, 0.29) is 0 Å². The average molecular weight is 361 g/mol. The van der Waals surface area contributed by atoms with Gasteiger partial charge >= 0.3 is 0 Å². The van der Waals surface area contributed by atoms with E-state index in [9.17, 15) is 0 Å². The first kappa shape index (κ1) is 17.7. The minimum absolute atomic E-state index is 0.616. The first-order valence-corrected chi connectivity index (χ1v) is 9.65. The van der Waals surface area contributed by atoms with Gasteiger partial charge in [-0.05, 0) is 87.2 Å². The maximum atomic E-state index is 4.71. The summed E-state index contributed by atoms with van der Waals surface area (Å²) in [7, 11) is 0. The van der Waals surface area contributed by atoms with Crippen LogP contribution in [0.4, 0.5) is 11.6 Å². The van der Waals surface area contributed by atoms with Crippen LogP contribution in [0.2, 0.25) is 0 Å². The van der Waals surface area contributed by atoms with Crippen LogP contribution in [0.15, 0.2) is 42.9 Å². The van der Waals surface area contributed by atoms with E-state index in [1.54, 1.807) is 0 Å². The number of anilines is 2. The second-order valence-electron chi connectivity index (χ2n) is 7.60. The fourth-order valence-corrected chi connectivity index (χ4v) is 3.81. The molecule has 27 heavy (non-hydrogen) atoms. The molecule has 3 heterocycles. The SMILES string of the molecule is Cc1cc(C)cc(Nc2nccc(-n3cc(C)c(CN4CCCC4)c3)n2)c1. The Hall–Kier alpha value is -2.66. The highest BCUT2D eigenvalue weighted by Crippen LogP contribution is 2.21. The van der Waals surface area contributed by atoms with Crippen LogP contribution in [-0.2, 0) is 6.54 Å². The van der Waals surface area contributed by atoms with Crippen molar-refractivity contribution < 1.29 is 0 Å². The number of hydrogen-bond donors (Lipinski definition) is 1. The van der Waals surface area contributed by atoms with Crippen LogP contribution in [-0.4, -0.2) is 32.5 Å². The van der Waals surface area contributed by atoms with Gasteiger partial charge in [0.2, 0.25) is 5.95 Å². The normalized spacial score (nSPS) is 14.6. The van der Waals surface area contributed by atoms with Crippen LogP contribution in [0, 0.1) is 20.8 Å². The molecule has 0 atom stereocenters. The van der Waals surface area contributed by atoms with Gasteiger partial charge in [-0.15, -0.1) is 0 Å². The van der Waals surface area contributed by atoms with Crippen LogP contribution < -0.4 is 5.32 Å². The molecular formula is C22H27N5. The van der Waals surface area contributed by atoms with E-state index in [1.165, 1.54) is 48.2 Å². The fraction of sp³-hybridized carbons (Fsp3) is 0.364. The van der Waals surface area contributed by atoms with Crippen molar-refractivity contribution in [3.8, 4) is 5.82 Å². The van der Waals surface area contributed by atoms with E-state index in [2.05, 4.69) is 71.1 Å². The third-order valence-electron chi connectivity index (χ3n) is 5.11. The van der Waals surface area contributed by atoms with E-state index < -0.39 is 0 Å². The lowest BCUT2D eigenvalue weighted by Gasteiger charge is -2.13. The Bertz CT molecular complexity index is 917. The lowest BCUT2D eigenvalue weighted by molar-refractivity contribution is 0.331. The van der Waals surface area contributed by atoms with Crippen LogP contribution in [0.25, 0.3) is 5.82 Å². The van der Waals surface area contributed by atoms with Gasteiger partial charge in [0, 0.05) is 30.8 Å².